The summed E-state index contributed by atoms with van der Waals surface area (Å²) in [6.45, 7) is 0. The first-order valence-corrected chi connectivity index (χ1v) is 8.33. The van der Waals surface area contributed by atoms with Crippen LogP contribution in [0.2, 0.25) is 0 Å². The van der Waals surface area contributed by atoms with E-state index in [1.54, 1.807) is 18.9 Å². The number of para-hydroxylation sites is 1. The molecule has 1 aromatic carbocycles. The average molecular weight is 329 g/mol. The second kappa shape index (κ2) is 6.04. The number of ether oxygens (including phenoxy) is 1. The largest absolute Gasteiger partial charge is 0.496 e. The third-order valence-electron chi connectivity index (χ3n) is 3.64. The van der Waals surface area contributed by atoms with Gasteiger partial charge in [0.05, 0.1) is 18.9 Å². The SMILES string of the molecule is COc1ccccc1-c1cc(CSc2nnnn2C2CC2)on1. The van der Waals surface area contributed by atoms with Crippen molar-refractivity contribution in [3.8, 4) is 17.0 Å². The topological polar surface area (TPSA) is 78.9 Å². The fraction of sp³-hybridized carbons (Fsp3) is 0.333. The normalized spacial score (nSPS) is 14.1. The van der Waals surface area contributed by atoms with Gasteiger partial charge in [-0.2, -0.15) is 0 Å². The summed E-state index contributed by atoms with van der Waals surface area (Å²) < 4.78 is 12.7. The van der Waals surface area contributed by atoms with Crippen LogP contribution in [-0.2, 0) is 5.75 Å². The molecule has 0 N–H and O–H groups in total. The predicted octanol–water partition coefficient (Wildman–Crippen LogP) is 2.96. The Hall–Kier alpha value is -2.35. The van der Waals surface area contributed by atoms with Gasteiger partial charge < -0.3 is 9.26 Å². The molecule has 8 heteroatoms. The van der Waals surface area contributed by atoms with Crippen LogP contribution in [0, 0.1) is 0 Å². The van der Waals surface area contributed by atoms with Gasteiger partial charge in [-0.3, -0.25) is 0 Å². The van der Waals surface area contributed by atoms with E-state index in [1.165, 1.54) is 0 Å². The molecule has 4 rings (SSSR count). The summed E-state index contributed by atoms with van der Waals surface area (Å²) in [5.41, 5.74) is 1.68. The highest BCUT2D eigenvalue weighted by atomic mass is 32.2. The molecule has 0 bridgehead atoms. The van der Waals surface area contributed by atoms with Crippen LogP contribution >= 0.6 is 11.8 Å². The Morgan fingerprint density at radius 2 is 2.22 bits per heavy atom. The highest BCUT2D eigenvalue weighted by molar-refractivity contribution is 7.98. The molecule has 7 nitrogen and oxygen atoms in total. The summed E-state index contributed by atoms with van der Waals surface area (Å²) >= 11 is 1.56. The molecule has 0 amide bonds. The summed E-state index contributed by atoms with van der Waals surface area (Å²) in [6.07, 6.45) is 2.30. The molecule has 0 saturated heterocycles. The third kappa shape index (κ3) is 2.94. The van der Waals surface area contributed by atoms with Crippen LogP contribution in [0.1, 0.15) is 24.6 Å². The van der Waals surface area contributed by atoms with Crippen molar-refractivity contribution in [1.29, 1.82) is 0 Å². The van der Waals surface area contributed by atoms with Gasteiger partial charge in [0.15, 0.2) is 0 Å². The Bertz CT molecular complexity index is 812. The number of tetrazole rings is 1. The zero-order valence-corrected chi connectivity index (χ0v) is 13.4. The molecule has 2 aromatic heterocycles. The minimum Gasteiger partial charge on any atom is -0.496 e. The van der Waals surface area contributed by atoms with Crippen molar-refractivity contribution >= 4 is 11.8 Å². The predicted molar refractivity (Wildman–Crippen MR) is 84.1 cm³/mol. The van der Waals surface area contributed by atoms with Gasteiger partial charge in [0.2, 0.25) is 5.16 Å². The van der Waals surface area contributed by atoms with Crippen molar-refractivity contribution in [1.82, 2.24) is 25.4 Å². The fourth-order valence-corrected chi connectivity index (χ4v) is 3.15. The molecule has 23 heavy (non-hydrogen) atoms. The lowest BCUT2D eigenvalue weighted by molar-refractivity contribution is 0.395. The van der Waals surface area contributed by atoms with E-state index in [2.05, 4.69) is 20.7 Å². The number of hydrogen-bond acceptors (Lipinski definition) is 7. The van der Waals surface area contributed by atoms with Crippen molar-refractivity contribution in [2.24, 2.45) is 0 Å². The molecule has 0 unspecified atom stereocenters. The lowest BCUT2D eigenvalue weighted by atomic mass is 10.1. The summed E-state index contributed by atoms with van der Waals surface area (Å²) in [6, 6.07) is 10.1. The summed E-state index contributed by atoms with van der Waals surface area (Å²) in [5, 5.41) is 16.8. The molecule has 0 spiro atoms. The Morgan fingerprint density at radius 3 is 3.04 bits per heavy atom. The van der Waals surface area contributed by atoms with Crippen LogP contribution in [0.25, 0.3) is 11.3 Å². The number of methoxy groups -OCH3 is 1. The van der Waals surface area contributed by atoms with Crippen molar-refractivity contribution in [2.75, 3.05) is 7.11 Å². The van der Waals surface area contributed by atoms with Crippen LogP contribution < -0.4 is 4.74 Å². The number of benzene rings is 1. The Kier molecular flexibility index (Phi) is 3.74. The zero-order chi connectivity index (χ0) is 15.6. The standard InChI is InChI=1S/C15H15N5O2S/c1-21-14-5-3-2-4-12(14)13-8-11(22-17-13)9-23-15-16-18-19-20(15)10-6-7-10/h2-5,8,10H,6-7,9H2,1H3. The number of nitrogens with zero attached hydrogens (tertiary/aromatic N) is 5. The fourth-order valence-electron chi connectivity index (χ4n) is 2.33. The second-order valence-electron chi connectivity index (χ2n) is 5.30. The average Bonchev–Trinajstić information content (AvgIpc) is 3.14. The van der Waals surface area contributed by atoms with Crippen molar-refractivity contribution in [3.63, 3.8) is 0 Å². The maximum Gasteiger partial charge on any atom is 0.210 e. The van der Waals surface area contributed by atoms with E-state index in [1.807, 2.05) is 35.0 Å². The molecule has 1 aliphatic carbocycles. The van der Waals surface area contributed by atoms with E-state index in [0.717, 1.165) is 40.8 Å². The molecule has 0 radical (unpaired) electrons. The van der Waals surface area contributed by atoms with Crippen LogP contribution in [0.3, 0.4) is 0 Å². The van der Waals surface area contributed by atoms with Crippen molar-refractivity contribution < 1.29 is 9.26 Å². The maximum atomic E-state index is 5.43. The quantitative estimate of drug-likeness (QED) is 0.643. The van der Waals surface area contributed by atoms with Gasteiger partial charge in [0.25, 0.3) is 0 Å². The first kappa shape index (κ1) is 14.3. The molecule has 1 saturated carbocycles. The second-order valence-corrected chi connectivity index (χ2v) is 6.25. The van der Waals surface area contributed by atoms with Crippen molar-refractivity contribution in [3.05, 3.63) is 36.1 Å². The molecule has 0 aliphatic heterocycles. The van der Waals surface area contributed by atoms with Crippen molar-refractivity contribution in [2.45, 2.75) is 29.8 Å². The van der Waals surface area contributed by atoms with E-state index < -0.39 is 0 Å². The number of thioether (sulfide) groups is 1. The lowest BCUT2D eigenvalue weighted by Crippen LogP contribution is -1.98. The number of aromatic nitrogens is 5. The van der Waals surface area contributed by atoms with Gasteiger partial charge in [-0.1, -0.05) is 29.1 Å². The first-order chi connectivity index (χ1) is 11.3. The highest BCUT2D eigenvalue weighted by Gasteiger charge is 2.28. The van der Waals surface area contributed by atoms with Crippen LogP contribution in [0.4, 0.5) is 0 Å². The van der Waals surface area contributed by atoms with E-state index in [-0.39, 0.29) is 0 Å². The maximum absolute atomic E-state index is 5.43. The van der Waals surface area contributed by atoms with Gasteiger partial charge >= 0.3 is 0 Å². The summed E-state index contributed by atoms with van der Waals surface area (Å²) in [7, 11) is 1.65. The van der Waals surface area contributed by atoms with Gasteiger partial charge in [0.1, 0.15) is 17.2 Å². The van der Waals surface area contributed by atoms with E-state index in [4.69, 9.17) is 9.26 Å². The van der Waals surface area contributed by atoms with E-state index in [0.29, 0.717) is 11.8 Å². The molecule has 0 atom stereocenters. The zero-order valence-electron chi connectivity index (χ0n) is 12.5. The Morgan fingerprint density at radius 1 is 1.35 bits per heavy atom. The third-order valence-corrected chi connectivity index (χ3v) is 4.60. The monoisotopic (exact) mass is 329 g/mol. The van der Waals surface area contributed by atoms with Crippen LogP contribution in [0.5, 0.6) is 5.75 Å². The van der Waals surface area contributed by atoms with Crippen LogP contribution in [0.15, 0.2) is 40.0 Å². The Labute approximate surface area is 137 Å². The van der Waals surface area contributed by atoms with Gasteiger partial charge in [-0.05, 0) is 35.4 Å². The molecule has 2 heterocycles. The molecule has 118 valence electrons. The van der Waals surface area contributed by atoms with Crippen LogP contribution in [-0.4, -0.2) is 32.5 Å². The molecule has 1 fully saturated rings. The van der Waals surface area contributed by atoms with Gasteiger partial charge in [0, 0.05) is 11.6 Å². The smallest absolute Gasteiger partial charge is 0.210 e. The van der Waals surface area contributed by atoms with Gasteiger partial charge in [-0.25, -0.2) is 4.68 Å². The van der Waals surface area contributed by atoms with Gasteiger partial charge in [-0.15, -0.1) is 5.10 Å². The number of hydrogen-bond donors (Lipinski definition) is 0. The molecule has 3 aromatic rings. The first-order valence-electron chi connectivity index (χ1n) is 7.35. The molecular weight excluding hydrogens is 314 g/mol. The van der Waals surface area contributed by atoms with E-state index >= 15 is 0 Å². The summed E-state index contributed by atoms with van der Waals surface area (Å²) in [4.78, 5) is 0. The molecule has 1 aliphatic rings. The lowest BCUT2D eigenvalue weighted by Gasteiger charge is -2.03. The number of rotatable bonds is 6. The highest BCUT2D eigenvalue weighted by Crippen LogP contribution is 2.37. The molecular formula is C15H15N5O2S. The minimum atomic E-state index is 0.464. The van der Waals surface area contributed by atoms with E-state index in [9.17, 15) is 0 Å². The Balaban J connectivity index is 1.49. The summed E-state index contributed by atoms with van der Waals surface area (Å²) in [5.74, 6) is 2.19. The minimum absolute atomic E-state index is 0.464.